The smallest absolute Gasteiger partial charge is 0.269 e. The van der Waals surface area contributed by atoms with Gasteiger partial charge in [-0.1, -0.05) is 34.1 Å². The fourth-order valence-electron chi connectivity index (χ4n) is 3.27. The van der Waals surface area contributed by atoms with Crippen LogP contribution >= 0.6 is 27.3 Å². The Labute approximate surface area is 181 Å². The van der Waals surface area contributed by atoms with Crippen molar-refractivity contribution < 1.29 is 9.53 Å². The van der Waals surface area contributed by atoms with Crippen molar-refractivity contribution in [1.82, 2.24) is 9.47 Å². The van der Waals surface area contributed by atoms with E-state index in [1.807, 2.05) is 24.3 Å². The molecule has 1 aliphatic rings. The first-order valence-corrected chi connectivity index (χ1v) is 11.1. The average Bonchev–Trinajstić information content (AvgIpc) is 3.35. The number of carbonyl (C=O) groups is 1. The average molecular weight is 476 g/mol. The minimum atomic E-state index is -0.292. The molecule has 0 aliphatic carbocycles. The molecule has 1 saturated heterocycles. The van der Waals surface area contributed by atoms with E-state index in [9.17, 15) is 14.9 Å². The van der Waals surface area contributed by atoms with E-state index in [-0.39, 0.29) is 17.0 Å². The van der Waals surface area contributed by atoms with Gasteiger partial charge in [-0.15, -0.1) is 11.3 Å². The minimum absolute atomic E-state index is 0.0400. The van der Waals surface area contributed by atoms with Crippen molar-refractivity contribution in [3.8, 4) is 6.07 Å². The Kier molecular flexibility index (Phi) is 7.42. The van der Waals surface area contributed by atoms with Crippen LogP contribution in [0.1, 0.15) is 24.8 Å². The van der Waals surface area contributed by atoms with E-state index < -0.39 is 0 Å². The SMILES string of the molecule is COCCCn1c(=O)/c(=C\c2ccccc2Br)s/c1=C(\C#N)C(=O)N1CCCC1. The van der Waals surface area contributed by atoms with Gasteiger partial charge in [-0.2, -0.15) is 5.26 Å². The van der Waals surface area contributed by atoms with E-state index >= 15 is 0 Å². The van der Waals surface area contributed by atoms with E-state index in [1.54, 1.807) is 22.7 Å². The summed E-state index contributed by atoms with van der Waals surface area (Å²) in [5.74, 6) is -0.292. The van der Waals surface area contributed by atoms with Crippen molar-refractivity contribution >= 4 is 44.8 Å². The maximum atomic E-state index is 13.1. The number of methoxy groups -OCH3 is 1. The summed E-state index contributed by atoms with van der Waals surface area (Å²) < 4.78 is 8.43. The molecule has 1 fully saturated rings. The lowest BCUT2D eigenvalue weighted by Crippen LogP contribution is -2.36. The fourth-order valence-corrected chi connectivity index (χ4v) is 4.78. The summed E-state index contributed by atoms with van der Waals surface area (Å²) in [6.45, 7) is 2.19. The number of benzene rings is 1. The minimum Gasteiger partial charge on any atom is -0.385 e. The lowest BCUT2D eigenvalue weighted by Gasteiger charge is -2.14. The molecule has 2 aromatic rings. The Morgan fingerprint density at radius 1 is 1.34 bits per heavy atom. The number of halogens is 1. The largest absolute Gasteiger partial charge is 0.385 e. The number of amides is 1. The maximum absolute atomic E-state index is 13.1. The van der Waals surface area contributed by atoms with Crippen LogP contribution in [0.5, 0.6) is 0 Å². The van der Waals surface area contributed by atoms with Crippen molar-refractivity contribution in [2.24, 2.45) is 0 Å². The van der Waals surface area contributed by atoms with Gasteiger partial charge in [0.15, 0.2) is 5.57 Å². The van der Waals surface area contributed by atoms with Crippen molar-refractivity contribution in [3.63, 3.8) is 0 Å². The normalized spacial score (nSPS) is 15.5. The molecule has 29 heavy (non-hydrogen) atoms. The van der Waals surface area contributed by atoms with E-state index in [2.05, 4.69) is 22.0 Å². The Hall–Kier alpha value is -2.21. The van der Waals surface area contributed by atoms with E-state index in [0.29, 0.717) is 41.9 Å². The van der Waals surface area contributed by atoms with Gasteiger partial charge < -0.3 is 9.64 Å². The van der Waals surface area contributed by atoms with Gasteiger partial charge in [-0.25, -0.2) is 0 Å². The standard InChI is InChI=1S/C21H22BrN3O3S/c1-28-12-6-11-25-20(27)18(13-15-7-2-3-8-17(15)22)29-21(25)16(14-23)19(26)24-9-4-5-10-24/h2-3,7-8,13H,4-6,9-12H2,1H3/b18-13+,21-16+. The monoisotopic (exact) mass is 475 g/mol. The second kappa shape index (κ2) is 10.0. The molecule has 3 rings (SSSR count). The van der Waals surface area contributed by atoms with Gasteiger partial charge in [0.2, 0.25) is 0 Å². The highest BCUT2D eigenvalue weighted by molar-refractivity contribution is 9.10. The summed E-state index contributed by atoms with van der Waals surface area (Å²) in [5, 5.41) is 9.75. The molecule has 152 valence electrons. The zero-order chi connectivity index (χ0) is 20.8. The molecule has 0 atom stereocenters. The van der Waals surface area contributed by atoms with Crippen LogP contribution in [-0.4, -0.2) is 42.2 Å². The molecule has 1 amide bonds. The molecule has 1 aliphatic heterocycles. The number of carbonyl (C=O) groups excluding carboxylic acids is 1. The second-order valence-electron chi connectivity index (χ2n) is 6.73. The summed E-state index contributed by atoms with van der Waals surface area (Å²) in [7, 11) is 1.60. The number of aromatic nitrogens is 1. The number of likely N-dealkylation sites (tertiary alicyclic amines) is 1. The molecule has 0 radical (unpaired) electrons. The molecule has 0 spiro atoms. The van der Waals surface area contributed by atoms with E-state index in [0.717, 1.165) is 22.9 Å². The summed E-state index contributed by atoms with van der Waals surface area (Å²) in [6.07, 6.45) is 4.29. The topological polar surface area (TPSA) is 75.3 Å². The fraction of sp³-hybridized carbons (Fsp3) is 0.381. The quantitative estimate of drug-likeness (QED) is 0.597. The summed E-state index contributed by atoms with van der Waals surface area (Å²) in [5.41, 5.74) is 0.711. The van der Waals surface area contributed by atoms with Gasteiger partial charge in [-0.3, -0.25) is 14.2 Å². The van der Waals surface area contributed by atoms with Gasteiger partial charge in [0.05, 0.1) is 4.53 Å². The Bertz CT molecular complexity index is 1110. The molecule has 1 aromatic carbocycles. The zero-order valence-corrected chi connectivity index (χ0v) is 18.6. The third-order valence-corrected chi connectivity index (χ3v) is 6.61. The molecule has 2 heterocycles. The molecule has 0 bridgehead atoms. The van der Waals surface area contributed by atoms with E-state index in [1.165, 1.54) is 11.3 Å². The highest BCUT2D eigenvalue weighted by atomic mass is 79.9. The third-order valence-electron chi connectivity index (χ3n) is 4.76. The van der Waals surface area contributed by atoms with Crippen LogP contribution in [0, 0.1) is 11.3 Å². The number of hydrogen-bond donors (Lipinski definition) is 0. The molecule has 0 unspecified atom stereocenters. The zero-order valence-electron chi connectivity index (χ0n) is 16.2. The summed E-state index contributed by atoms with van der Waals surface area (Å²) in [4.78, 5) is 27.7. The highest BCUT2D eigenvalue weighted by Crippen LogP contribution is 2.16. The third kappa shape index (κ3) is 4.86. The Morgan fingerprint density at radius 2 is 2.07 bits per heavy atom. The van der Waals surface area contributed by atoms with Crippen LogP contribution in [0.4, 0.5) is 0 Å². The molecular weight excluding hydrogens is 454 g/mol. The summed E-state index contributed by atoms with van der Waals surface area (Å²) >= 11 is 4.69. The van der Waals surface area contributed by atoms with Crippen LogP contribution in [-0.2, 0) is 16.1 Å². The lowest BCUT2D eigenvalue weighted by molar-refractivity contribution is -0.123. The first-order valence-electron chi connectivity index (χ1n) is 9.45. The predicted molar refractivity (Wildman–Crippen MR) is 117 cm³/mol. The number of hydrogen-bond acceptors (Lipinski definition) is 5. The number of rotatable bonds is 6. The Balaban J connectivity index is 2.19. The molecule has 6 nitrogen and oxygen atoms in total. The number of nitrogens with zero attached hydrogens (tertiary/aromatic N) is 3. The van der Waals surface area contributed by atoms with Gasteiger partial charge in [0.1, 0.15) is 10.7 Å². The van der Waals surface area contributed by atoms with Gasteiger partial charge in [-0.05, 0) is 37.0 Å². The second-order valence-corrected chi connectivity index (χ2v) is 8.61. The van der Waals surface area contributed by atoms with Crippen LogP contribution in [0.15, 0.2) is 33.5 Å². The van der Waals surface area contributed by atoms with Gasteiger partial charge >= 0.3 is 0 Å². The molecular formula is C21H22BrN3O3S. The van der Waals surface area contributed by atoms with Crippen molar-refractivity contribution in [2.45, 2.75) is 25.8 Å². The first kappa shape index (κ1) is 21.5. The lowest BCUT2D eigenvalue weighted by atomic mass is 10.2. The van der Waals surface area contributed by atoms with Crippen LogP contribution in [0.3, 0.4) is 0 Å². The number of nitriles is 1. The van der Waals surface area contributed by atoms with E-state index in [4.69, 9.17) is 4.74 Å². The molecule has 1 aromatic heterocycles. The molecule has 0 N–H and O–H groups in total. The maximum Gasteiger partial charge on any atom is 0.269 e. The van der Waals surface area contributed by atoms with Crippen LogP contribution in [0.2, 0.25) is 0 Å². The van der Waals surface area contributed by atoms with Gasteiger partial charge in [0.25, 0.3) is 11.5 Å². The summed E-state index contributed by atoms with van der Waals surface area (Å²) in [6, 6.07) is 9.67. The highest BCUT2D eigenvalue weighted by Gasteiger charge is 2.24. The predicted octanol–water partition coefficient (Wildman–Crippen LogP) is 1.83. The number of thiazole rings is 1. The van der Waals surface area contributed by atoms with Crippen molar-refractivity contribution in [3.05, 3.63) is 53.9 Å². The van der Waals surface area contributed by atoms with Crippen molar-refractivity contribution in [2.75, 3.05) is 26.8 Å². The number of ether oxygens (including phenoxy) is 1. The van der Waals surface area contributed by atoms with Crippen LogP contribution in [0.25, 0.3) is 11.6 Å². The molecule has 8 heteroatoms. The van der Waals surface area contributed by atoms with Crippen molar-refractivity contribution in [1.29, 1.82) is 5.26 Å². The van der Waals surface area contributed by atoms with Crippen LogP contribution < -0.4 is 14.8 Å². The Morgan fingerprint density at radius 3 is 2.72 bits per heavy atom. The van der Waals surface area contributed by atoms with Gasteiger partial charge in [0, 0.05) is 37.8 Å². The first-order chi connectivity index (χ1) is 14.1. The molecule has 0 saturated carbocycles.